The van der Waals surface area contributed by atoms with E-state index in [1.54, 1.807) is 6.92 Å². The molecule has 0 amide bonds. The predicted octanol–water partition coefficient (Wildman–Crippen LogP) is 4.09. The Morgan fingerprint density at radius 3 is 2.27 bits per heavy atom. The van der Waals surface area contributed by atoms with Gasteiger partial charge in [0.05, 0.1) is 13.2 Å². The molecule has 0 aliphatic heterocycles. The lowest BCUT2D eigenvalue weighted by Gasteiger charge is -2.17. The van der Waals surface area contributed by atoms with Gasteiger partial charge in [-0.15, -0.1) is 0 Å². The van der Waals surface area contributed by atoms with Gasteiger partial charge in [0, 0.05) is 0 Å². The summed E-state index contributed by atoms with van der Waals surface area (Å²) in [5, 5.41) is 0. The molecule has 124 valence electrons. The average molecular weight is 332 g/mol. The molecule has 0 atom stereocenters. The molecule has 0 aliphatic rings. The summed E-state index contributed by atoms with van der Waals surface area (Å²) in [6.07, 6.45) is 0.848. The molecule has 0 saturated carbocycles. The minimum absolute atomic E-state index is 0.196. The van der Waals surface area contributed by atoms with E-state index >= 15 is 0 Å². The first kappa shape index (κ1) is 18.8. The second-order valence-electron chi connectivity index (χ2n) is 4.82. The predicted molar refractivity (Wildman–Crippen MR) is 81.7 cm³/mol. The zero-order valence-electron chi connectivity index (χ0n) is 13.1. The number of esters is 1. The SMILES string of the molecule is CCCOP(=O)(CC(=O)Oc1ccc(F)c(C)c1)OCCC. The van der Waals surface area contributed by atoms with Crippen molar-refractivity contribution in [3.63, 3.8) is 0 Å². The molecule has 7 heteroatoms. The number of hydrogen-bond donors (Lipinski definition) is 0. The smallest absolute Gasteiger partial charge is 0.341 e. The van der Waals surface area contributed by atoms with Gasteiger partial charge >= 0.3 is 13.6 Å². The molecule has 0 spiro atoms. The summed E-state index contributed by atoms with van der Waals surface area (Å²) in [6, 6.07) is 3.95. The molecule has 1 aromatic rings. The van der Waals surface area contributed by atoms with Gasteiger partial charge in [-0.05, 0) is 43.5 Å². The number of carbonyl (C=O) groups is 1. The van der Waals surface area contributed by atoms with Crippen LogP contribution >= 0.6 is 7.60 Å². The van der Waals surface area contributed by atoms with Gasteiger partial charge in [-0.25, -0.2) is 4.39 Å². The van der Waals surface area contributed by atoms with E-state index in [0.29, 0.717) is 18.4 Å². The number of rotatable bonds is 9. The molecule has 0 fully saturated rings. The molecule has 0 heterocycles. The zero-order chi connectivity index (χ0) is 16.6. The maximum atomic E-state index is 13.2. The fourth-order valence-electron chi connectivity index (χ4n) is 1.59. The quantitative estimate of drug-likeness (QED) is 0.387. The van der Waals surface area contributed by atoms with Crippen molar-refractivity contribution in [3.05, 3.63) is 29.6 Å². The van der Waals surface area contributed by atoms with E-state index in [4.69, 9.17) is 13.8 Å². The van der Waals surface area contributed by atoms with E-state index < -0.39 is 19.7 Å². The maximum absolute atomic E-state index is 13.2. The summed E-state index contributed by atoms with van der Waals surface area (Å²) in [7, 11) is -3.52. The van der Waals surface area contributed by atoms with Crippen molar-refractivity contribution < 1.29 is 27.5 Å². The van der Waals surface area contributed by atoms with Crippen LogP contribution in [0, 0.1) is 12.7 Å². The molecule has 5 nitrogen and oxygen atoms in total. The van der Waals surface area contributed by atoms with Crippen LogP contribution in [0.5, 0.6) is 5.75 Å². The highest BCUT2D eigenvalue weighted by Gasteiger charge is 2.29. The number of aryl methyl sites for hydroxylation is 1. The Morgan fingerprint density at radius 1 is 1.18 bits per heavy atom. The molecule has 22 heavy (non-hydrogen) atoms. The maximum Gasteiger partial charge on any atom is 0.341 e. The lowest BCUT2D eigenvalue weighted by atomic mass is 10.2. The lowest BCUT2D eigenvalue weighted by Crippen LogP contribution is -2.16. The van der Waals surface area contributed by atoms with Crippen LogP contribution in [-0.4, -0.2) is 25.3 Å². The van der Waals surface area contributed by atoms with Gasteiger partial charge in [0.1, 0.15) is 17.7 Å². The second kappa shape index (κ2) is 9.03. The van der Waals surface area contributed by atoms with Crippen LogP contribution in [0.25, 0.3) is 0 Å². The lowest BCUT2D eigenvalue weighted by molar-refractivity contribution is -0.131. The summed E-state index contributed by atoms with van der Waals surface area (Å²) in [4.78, 5) is 11.9. The van der Waals surface area contributed by atoms with E-state index in [1.807, 2.05) is 13.8 Å². The van der Waals surface area contributed by atoms with Crippen LogP contribution < -0.4 is 4.74 Å². The third-order valence-electron chi connectivity index (χ3n) is 2.67. The normalized spacial score (nSPS) is 11.5. The summed E-state index contributed by atoms with van der Waals surface area (Å²) < 4.78 is 41.1. The van der Waals surface area contributed by atoms with Crippen molar-refractivity contribution in [2.45, 2.75) is 33.6 Å². The molecular weight excluding hydrogens is 310 g/mol. The highest BCUT2D eigenvalue weighted by Crippen LogP contribution is 2.48. The van der Waals surface area contributed by atoms with E-state index in [2.05, 4.69) is 0 Å². The van der Waals surface area contributed by atoms with Gasteiger partial charge in [0.25, 0.3) is 0 Å². The van der Waals surface area contributed by atoms with Crippen molar-refractivity contribution in [1.82, 2.24) is 0 Å². The molecular formula is C15H22FO5P. The second-order valence-corrected chi connectivity index (χ2v) is 6.87. The van der Waals surface area contributed by atoms with Crippen molar-refractivity contribution in [2.24, 2.45) is 0 Å². The Balaban J connectivity index is 2.69. The third kappa shape index (κ3) is 6.26. The van der Waals surface area contributed by atoms with Crippen LogP contribution in [0.15, 0.2) is 18.2 Å². The molecule has 0 radical (unpaired) electrons. The van der Waals surface area contributed by atoms with Crippen LogP contribution in [0.4, 0.5) is 4.39 Å². The van der Waals surface area contributed by atoms with Crippen molar-refractivity contribution >= 4 is 13.6 Å². The number of ether oxygens (including phenoxy) is 1. The Morgan fingerprint density at radius 2 is 1.77 bits per heavy atom. The minimum atomic E-state index is -3.52. The van der Waals surface area contributed by atoms with Crippen LogP contribution in [0.2, 0.25) is 0 Å². The van der Waals surface area contributed by atoms with Gasteiger partial charge in [-0.2, -0.15) is 0 Å². The van der Waals surface area contributed by atoms with Crippen molar-refractivity contribution in [1.29, 1.82) is 0 Å². The van der Waals surface area contributed by atoms with E-state index in [1.165, 1.54) is 18.2 Å². The molecule has 1 rings (SSSR count). The monoisotopic (exact) mass is 332 g/mol. The number of hydrogen-bond acceptors (Lipinski definition) is 5. The third-order valence-corrected chi connectivity index (χ3v) is 4.47. The average Bonchev–Trinajstić information content (AvgIpc) is 2.47. The summed E-state index contributed by atoms with van der Waals surface area (Å²) in [5.74, 6) is -0.925. The molecule has 0 aromatic heterocycles. The highest BCUT2D eigenvalue weighted by molar-refractivity contribution is 7.54. The molecule has 0 N–H and O–H groups in total. The zero-order valence-corrected chi connectivity index (χ0v) is 14.0. The topological polar surface area (TPSA) is 61.8 Å². The fraction of sp³-hybridized carbons (Fsp3) is 0.533. The molecule has 0 bridgehead atoms. The standard InChI is InChI=1S/C15H22FO5P/c1-4-8-19-22(18,20-9-5-2)11-15(17)21-13-6-7-14(16)12(3)10-13/h6-7,10H,4-5,8-9,11H2,1-3H3. The van der Waals surface area contributed by atoms with Crippen LogP contribution in [0.1, 0.15) is 32.3 Å². The van der Waals surface area contributed by atoms with E-state index in [9.17, 15) is 13.8 Å². The minimum Gasteiger partial charge on any atom is -0.426 e. The molecule has 0 aliphatic carbocycles. The molecule has 1 aromatic carbocycles. The van der Waals surface area contributed by atoms with Crippen LogP contribution in [-0.2, 0) is 18.4 Å². The molecule has 0 unspecified atom stereocenters. The first-order valence-corrected chi connectivity index (χ1v) is 8.98. The van der Waals surface area contributed by atoms with Crippen molar-refractivity contribution in [3.8, 4) is 5.75 Å². The molecule has 0 saturated heterocycles. The number of benzene rings is 1. The Hall–Kier alpha value is -1.23. The summed E-state index contributed by atoms with van der Waals surface area (Å²) >= 11 is 0. The Labute approximate surface area is 130 Å². The van der Waals surface area contributed by atoms with Crippen LogP contribution in [0.3, 0.4) is 0 Å². The summed E-state index contributed by atoms with van der Waals surface area (Å²) in [5.41, 5.74) is 0.359. The van der Waals surface area contributed by atoms with Gasteiger partial charge in [0.15, 0.2) is 0 Å². The van der Waals surface area contributed by atoms with Gasteiger partial charge < -0.3 is 13.8 Å². The number of halogens is 1. The van der Waals surface area contributed by atoms with Gasteiger partial charge in [-0.1, -0.05) is 13.8 Å². The first-order chi connectivity index (χ1) is 10.4. The van der Waals surface area contributed by atoms with Gasteiger partial charge in [-0.3, -0.25) is 9.36 Å². The Kier molecular flexibility index (Phi) is 7.73. The highest BCUT2D eigenvalue weighted by atomic mass is 31.2. The van der Waals surface area contributed by atoms with Crippen molar-refractivity contribution in [2.75, 3.05) is 19.4 Å². The summed E-state index contributed by atoms with van der Waals surface area (Å²) in [6.45, 7) is 5.77. The fourth-order valence-corrected chi connectivity index (χ4v) is 3.15. The van der Waals surface area contributed by atoms with Gasteiger partial charge in [0.2, 0.25) is 0 Å². The number of carbonyl (C=O) groups excluding carboxylic acids is 1. The largest absolute Gasteiger partial charge is 0.426 e. The Bertz CT molecular complexity index is 535. The van der Waals surface area contributed by atoms with E-state index in [-0.39, 0.29) is 24.8 Å². The van der Waals surface area contributed by atoms with E-state index in [0.717, 1.165) is 0 Å². The first-order valence-electron chi connectivity index (χ1n) is 7.25.